The lowest BCUT2D eigenvalue weighted by molar-refractivity contribution is -0.116. The molecule has 1 N–H and O–H groups in total. The van der Waals surface area contributed by atoms with Crippen LogP contribution in [0.5, 0.6) is 11.5 Å². The summed E-state index contributed by atoms with van der Waals surface area (Å²) in [6.45, 7) is 0. The van der Waals surface area contributed by atoms with Crippen LogP contribution in [0.1, 0.15) is 22.3 Å². The number of methoxy groups -OCH3 is 2. The summed E-state index contributed by atoms with van der Waals surface area (Å²) in [4.78, 5) is 26.0. The van der Waals surface area contributed by atoms with Crippen molar-refractivity contribution in [3.8, 4) is 11.5 Å². The first-order chi connectivity index (χ1) is 12.8. The van der Waals surface area contributed by atoms with Crippen LogP contribution in [0.4, 0.5) is 5.69 Å². The van der Waals surface area contributed by atoms with Gasteiger partial charge in [-0.05, 0) is 42.3 Å². The van der Waals surface area contributed by atoms with Gasteiger partial charge >= 0.3 is 0 Å². The SMILES string of the molecule is COc1ccc(CCC(=O)Nc2cc(C(=O)N(C)C)ccc2OC)cc1Cl. The van der Waals surface area contributed by atoms with Gasteiger partial charge in [-0.2, -0.15) is 0 Å². The number of hydrogen-bond donors (Lipinski definition) is 1. The number of ether oxygens (including phenoxy) is 2. The Labute approximate surface area is 164 Å². The van der Waals surface area contributed by atoms with Crippen molar-refractivity contribution in [3.05, 3.63) is 52.5 Å². The highest BCUT2D eigenvalue weighted by atomic mass is 35.5. The number of halogens is 1. The van der Waals surface area contributed by atoms with Crippen molar-refractivity contribution in [1.82, 2.24) is 4.90 Å². The molecule has 0 fully saturated rings. The molecule has 2 amide bonds. The van der Waals surface area contributed by atoms with Crippen LogP contribution in [0.2, 0.25) is 5.02 Å². The molecule has 0 aliphatic carbocycles. The Morgan fingerprint density at radius 2 is 1.70 bits per heavy atom. The second-order valence-corrected chi connectivity index (χ2v) is 6.54. The quantitative estimate of drug-likeness (QED) is 0.783. The van der Waals surface area contributed by atoms with Gasteiger partial charge in [-0.1, -0.05) is 17.7 Å². The number of aryl methyl sites for hydroxylation is 1. The lowest BCUT2D eigenvalue weighted by Crippen LogP contribution is -2.22. The van der Waals surface area contributed by atoms with E-state index in [4.69, 9.17) is 21.1 Å². The van der Waals surface area contributed by atoms with Crippen molar-refractivity contribution in [1.29, 1.82) is 0 Å². The smallest absolute Gasteiger partial charge is 0.253 e. The molecule has 0 aliphatic rings. The van der Waals surface area contributed by atoms with Gasteiger partial charge in [0.2, 0.25) is 5.91 Å². The van der Waals surface area contributed by atoms with Gasteiger partial charge in [-0.3, -0.25) is 9.59 Å². The largest absolute Gasteiger partial charge is 0.495 e. The predicted octanol–water partition coefficient (Wildman–Crippen LogP) is 3.63. The number of nitrogens with one attached hydrogen (secondary N) is 1. The molecule has 144 valence electrons. The molecule has 0 radical (unpaired) electrons. The summed E-state index contributed by atoms with van der Waals surface area (Å²) in [5, 5.41) is 3.32. The summed E-state index contributed by atoms with van der Waals surface area (Å²) >= 11 is 6.11. The van der Waals surface area contributed by atoms with Crippen molar-refractivity contribution in [2.45, 2.75) is 12.8 Å². The van der Waals surface area contributed by atoms with Crippen LogP contribution in [0.3, 0.4) is 0 Å². The zero-order chi connectivity index (χ0) is 20.0. The molecule has 2 aromatic rings. The fourth-order valence-electron chi connectivity index (χ4n) is 2.53. The van der Waals surface area contributed by atoms with Gasteiger partial charge in [0, 0.05) is 26.1 Å². The van der Waals surface area contributed by atoms with E-state index >= 15 is 0 Å². The maximum atomic E-state index is 12.4. The van der Waals surface area contributed by atoms with Crippen molar-refractivity contribution in [2.75, 3.05) is 33.6 Å². The van der Waals surface area contributed by atoms with Gasteiger partial charge in [-0.25, -0.2) is 0 Å². The summed E-state index contributed by atoms with van der Waals surface area (Å²) in [6.07, 6.45) is 0.784. The molecule has 27 heavy (non-hydrogen) atoms. The molecule has 0 aliphatic heterocycles. The van der Waals surface area contributed by atoms with Gasteiger partial charge in [0.15, 0.2) is 0 Å². The van der Waals surface area contributed by atoms with Gasteiger partial charge in [0.1, 0.15) is 11.5 Å². The number of carbonyl (C=O) groups is 2. The van der Waals surface area contributed by atoms with Crippen LogP contribution in [0.25, 0.3) is 0 Å². The average Bonchev–Trinajstić information content (AvgIpc) is 2.65. The molecular weight excluding hydrogens is 368 g/mol. The Morgan fingerprint density at radius 1 is 1.04 bits per heavy atom. The summed E-state index contributed by atoms with van der Waals surface area (Å²) in [5.74, 6) is 0.749. The first-order valence-electron chi connectivity index (χ1n) is 8.37. The monoisotopic (exact) mass is 390 g/mol. The number of benzene rings is 2. The van der Waals surface area contributed by atoms with Crippen LogP contribution >= 0.6 is 11.6 Å². The van der Waals surface area contributed by atoms with Gasteiger partial charge in [0.25, 0.3) is 5.91 Å². The maximum absolute atomic E-state index is 12.4. The Bertz CT molecular complexity index is 837. The Kier molecular flexibility index (Phi) is 7.07. The molecule has 0 bridgehead atoms. The average molecular weight is 391 g/mol. The first-order valence-corrected chi connectivity index (χ1v) is 8.75. The molecular formula is C20H23ClN2O4. The minimum atomic E-state index is -0.185. The standard InChI is InChI=1S/C20H23ClN2O4/c1-23(2)20(25)14-7-9-18(27-4)16(12-14)22-19(24)10-6-13-5-8-17(26-3)15(21)11-13/h5,7-9,11-12H,6,10H2,1-4H3,(H,22,24). The van der Waals surface area contributed by atoms with Crippen molar-refractivity contribution in [3.63, 3.8) is 0 Å². The number of rotatable bonds is 7. The molecule has 0 spiro atoms. The number of hydrogen-bond acceptors (Lipinski definition) is 4. The van der Waals surface area contributed by atoms with Crippen LogP contribution in [-0.2, 0) is 11.2 Å². The molecule has 2 aromatic carbocycles. The third-order valence-electron chi connectivity index (χ3n) is 3.98. The maximum Gasteiger partial charge on any atom is 0.253 e. The molecule has 0 saturated heterocycles. The van der Waals surface area contributed by atoms with Crippen LogP contribution in [-0.4, -0.2) is 45.0 Å². The molecule has 6 nitrogen and oxygen atoms in total. The van der Waals surface area contributed by atoms with E-state index in [2.05, 4.69) is 5.32 Å². The summed E-state index contributed by atoms with van der Waals surface area (Å²) in [6, 6.07) is 10.4. The first kappa shape index (κ1) is 20.6. The number of amides is 2. The zero-order valence-corrected chi connectivity index (χ0v) is 16.6. The van der Waals surface area contributed by atoms with E-state index in [9.17, 15) is 9.59 Å². The second kappa shape index (κ2) is 9.28. The molecule has 0 heterocycles. The third-order valence-corrected chi connectivity index (χ3v) is 4.28. The van der Waals surface area contributed by atoms with Crippen LogP contribution in [0.15, 0.2) is 36.4 Å². The minimum absolute atomic E-state index is 0.152. The lowest BCUT2D eigenvalue weighted by Gasteiger charge is -2.14. The number of anilines is 1. The van der Waals surface area contributed by atoms with E-state index in [-0.39, 0.29) is 18.2 Å². The fourth-order valence-corrected chi connectivity index (χ4v) is 2.81. The highest BCUT2D eigenvalue weighted by molar-refractivity contribution is 6.32. The summed E-state index contributed by atoms with van der Waals surface area (Å²) in [5.41, 5.74) is 1.86. The van der Waals surface area contributed by atoms with E-state index in [0.29, 0.717) is 34.2 Å². The third kappa shape index (κ3) is 5.37. The minimum Gasteiger partial charge on any atom is -0.495 e. The van der Waals surface area contributed by atoms with E-state index in [1.54, 1.807) is 51.5 Å². The van der Waals surface area contributed by atoms with Crippen molar-refractivity contribution >= 4 is 29.1 Å². The number of carbonyl (C=O) groups excluding carboxylic acids is 2. The summed E-state index contributed by atoms with van der Waals surface area (Å²) in [7, 11) is 6.41. The topological polar surface area (TPSA) is 67.9 Å². The van der Waals surface area contributed by atoms with Crippen LogP contribution < -0.4 is 14.8 Å². The van der Waals surface area contributed by atoms with E-state index in [0.717, 1.165) is 5.56 Å². The van der Waals surface area contributed by atoms with Gasteiger partial charge < -0.3 is 19.7 Å². The van der Waals surface area contributed by atoms with Crippen LogP contribution in [0, 0.1) is 0 Å². The summed E-state index contributed by atoms with van der Waals surface area (Å²) < 4.78 is 10.4. The van der Waals surface area contributed by atoms with Gasteiger partial charge in [0.05, 0.1) is 24.9 Å². The van der Waals surface area contributed by atoms with E-state index in [1.165, 1.54) is 12.0 Å². The predicted molar refractivity (Wildman–Crippen MR) is 106 cm³/mol. The fraction of sp³-hybridized carbons (Fsp3) is 0.300. The molecule has 2 rings (SSSR count). The lowest BCUT2D eigenvalue weighted by atomic mass is 10.1. The van der Waals surface area contributed by atoms with E-state index < -0.39 is 0 Å². The molecule has 0 atom stereocenters. The highest BCUT2D eigenvalue weighted by Crippen LogP contribution is 2.27. The highest BCUT2D eigenvalue weighted by Gasteiger charge is 2.14. The molecule has 7 heteroatoms. The second-order valence-electron chi connectivity index (χ2n) is 6.13. The normalized spacial score (nSPS) is 10.3. The van der Waals surface area contributed by atoms with Crippen molar-refractivity contribution < 1.29 is 19.1 Å². The molecule has 0 unspecified atom stereocenters. The Hall–Kier alpha value is -2.73. The van der Waals surface area contributed by atoms with Gasteiger partial charge in [-0.15, -0.1) is 0 Å². The Morgan fingerprint density at radius 3 is 2.30 bits per heavy atom. The molecule has 0 saturated carbocycles. The van der Waals surface area contributed by atoms with Crippen molar-refractivity contribution in [2.24, 2.45) is 0 Å². The zero-order valence-electron chi connectivity index (χ0n) is 15.8. The molecule has 0 aromatic heterocycles. The number of nitrogens with zero attached hydrogens (tertiary/aromatic N) is 1. The van der Waals surface area contributed by atoms with E-state index in [1.807, 2.05) is 6.07 Å². The Balaban J connectivity index is 2.07.